The van der Waals surface area contributed by atoms with Gasteiger partial charge in [0, 0.05) is 5.39 Å². The molecule has 0 N–H and O–H groups in total. The standard InChI is InChI=1S/C25H20O3/c1-18-22-17-21(27-16-8-11-19-9-4-2-5-10-19)14-15-23(22)28-25(26)24(18)20-12-6-3-7-13-20/h2-15,17H,16H2,1H3/b11-8+. The lowest BCUT2D eigenvalue weighted by Crippen LogP contribution is -2.06. The molecule has 0 spiro atoms. The molecule has 0 aliphatic carbocycles. The fourth-order valence-corrected chi connectivity index (χ4v) is 3.25. The smallest absolute Gasteiger partial charge is 0.344 e. The summed E-state index contributed by atoms with van der Waals surface area (Å²) in [7, 11) is 0. The Labute approximate surface area is 163 Å². The highest BCUT2D eigenvalue weighted by Crippen LogP contribution is 2.29. The summed E-state index contributed by atoms with van der Waals surface area (Å²) in [5, 5.41) is 0.878. The zero-order chi connectivity index (χ0) is 19.3. The molecule has 3 heteroatoms. The summed E-state index contributed by atoms with van der Waals surface area (Å²) in [5.74, 6) is 0.737. The maximum absolute atomic E-state index is 12.5. The van der Waals surface area contributed by atoms with E-state index < -0.39 is 0 Å². The van der Waals surface area contributed by atoms with Crippen molar-refractivity contribution in [1.82, 2.24) is 0 Å². The highest BCUT2D eigenvalue weighted by atomic mass is 16.5. The molecule has 3 aromatic carbocycles. The minimum absolute atomic E-state index is 0.323. The van der Waals surface area contributed by atoms with Crippen molar-refractivity contribution in [3.8, 4) is 16.9 Å². The number of fused-ring (bicyclic) bond motifs is 1. The number of ether oxygens (including phenoxy) is 1. The van der Waals surface area contributed by atoms with Crippen molar-refractivity contribution < 1.29 is 9.15 Å². The highest BCUT2D eigenvalue weighted by Gasteiger charge is 2.13. The van der Waals surface area contributed by atoms with Crippen LogP contribution in [0.15, 0.2) is 94.2 Å². The van der Waals surface area contributed by atoms with Gasteiger partial charge in [-0.1, -0.05) is 66.7 Å². The van der Waals surface area contributed by atoms with Crippen LogP contribution < -0.4 is 10.4 Å². The Balaban J connectivity index is 1.61. The molecule has 0 atom stereocenters. The molecule has 0 unspecified atom stereocenters. The van der Waals surface area contributed by atoms with Gasteiger partial charge in [0.05, 0.1) is 5.56 Å². The van der Waals surface area contributed by atoms with Gasteiger partial charge in [0.25, 0.3) is 0 Å². The van der Waals surface area contributed by atoms with Gasteiger partial charge in [0.2, 0.25) is 0 Å². The van der Waals surface area contributed by atoms with Crippen molar-refractivity contribution in [3.63, 3.8) is 0 Å². The predicted octanol–water partition coefficient (Wildman–Crippen LogP) is 5.86. The minimum atomic E-state index is -0.323. The summed E-state index contributed by atoms with van der Waals surface area (Å²) in [6.45, 7) is 2.41. The van der Waals surface area contributed by atoms with Crippen molar-refractivity contribution in [2.75, 3.05) is 6.61 Å². The predicted molar refractivity (Wildman–Crippen MR) is 114 cm³/mol. The normalized spacial score (nSPS) is 11.2. The lowest BCUT2D eigenvalue weighted by molar-refractivity contribution is 0.364. The van der Waals surface area contributed by atoms with Gasteiger partial charge in [0.1, 0.15) is 17.9 Å². The quantitative estimate of drug-likeness (QED) is 0.414. The largest absolute Gasteiger partial charge is 0.490 e. The van der Waals surface area contributed by atoms with Crippen LogP contribution in [0.2, 0.25) is 0 Å². The van der Waals surface area contributed by atoms with Crippen molar-refractivity contribution in [2.24, 2.45) is 0 Å². The van der Waals surface area contributed by atoms with Crippen LogP contribution in [-0.2, 0) is 0 Å². The SMILES string of the molecule is Cc1c(-c2ccccc2)c(=O)oc2ccc(OC/C=C/c3ccccc3)cc12. The highest BCUT2D eigenvalue weighted by molar-refractivity contribution is 5.87. The Bertz CT molecular complexity index is 1170. The van der Waals surface area contributed by atoms with Crippen molar-refractivity contribution in [2.45, 2.75) is 6.92 Å². The van der Waals surface area contributed by atoms with Gasteiger partial charge in [-0.3, -0.25) is 0 Å². The summed E-state index contributed by atoms with van der Waals surface area (Å²) in [4.78, 5) is 12.5. The Morgan fingerprint density at radius 1 is 0.929 bits per heavy atom. The molecule has 3 nitrogen and oxygen atoms in total. The van der Waals surface area contributed by atoms with Crippen LogP contribution in [0.1, 0.15) is 11.1 Å². The summed E-state index contributed by atoms with van der Waals surface area (Å²) < 4.78 is 11.4. The maximum atomic E-state index is 12.5. The maximum Gasteiger partial charge on any atom is 0.344 e. The van der Waals surface area contributed by atoms with E-state index in [1.807, 2.05) is 91.9 Å². The zero-order valence-corrected chi connectivity index (χ0v) is 15.6. The summed E-state index contributed by atoms with van der Waals surface area (Å²) in [6, 6.07) is 25.2. The monoisotopic (exact) mass is 368 g/mol. The summed E-state index contributed by atoms with van der Waals surface area (Å²) in [6.07, 6.45) is 4.01. The van der Waals surface area contributed by atoms with Crippen molar-refractivity contribution in [1.29, 1.82) is 0 Å². The topological polar surface area (TPSA) is 39.4 Å². The van der Waals surface area contributed by atoms with E-state index in [1.54, 1.807) is 6.07 Å². The molecule has 138 valence electrons. The third-order valence-electron chi connectivity index (χ3n) is 4.66. The number of hydrogen-bond acceptors (Lipinski definition) is 3. The van der Waals surface area contributed by atoms with Gasteiger partial charge in [-0.25, -0.2) is 4.79 Å². The Hall–Kier alpha value is -3.59. The van der Waals surface area contributed by atoms with E-state index >= 15 is 0 Å². The molecule has 1 aromatic heterocycles. The van der Waals surface area contributed by atoms with E-state index in [2.05, 4.69) is 0 Å². The third-order valence-corrected chi connectivity index (χ3v) is 4.66. The molecular formula is C25H20O3. The van der Waals surface area contributed by atoms with Gasteiger partial charge in [-0.05, 0) is 47.9 Å². The first-order valence-electron chi connectivity index (χ1n) is 9.19. The van der Waals surface area contributed by atoms with Crippen LogP contribution in [-0.4, -0.2) is 6.61 Å². The average Bonchev–Trinajstić information content (AvgIpc) is 2.73. The first kappa shape index (κ1) is 17.8. The van der Waals surface area contributed by atoms with Crippen LogP contribution in [0, 0.1) is 6.92 Å². The van der Waals surface area contributed by atoms with Gasteiger partial charge < -0.3 is 9.15 Å². The van der Waals surface area contributed by atoms with Gasteiger partial charge in [-0.2, -0.15) is 0 Å². The molecule has 28 heavy (non-hydrogen) atoms. The Morgan fingerprint density at radius 3 is 2.39 bits per heavy atom. The van der Waals surface area contributed by atoms with E-state index in [1.165, 1.54) is 0 Å². The van der Waals surface area contributed by atoms with E-state index in [9.17, 15) is 4.79 Å². The zero-order valence-electron chi connectivity index (χ0n) is 15.6. The molecule has 0 aliphatic rings. The Kier molecular flexibility index (Phi) is 5.07. The van der Waals surface area contributed by atoms with Crippen LogP contribution in [0.4, 0.5) is 0 Å². The molecule has 4 aromatic rings. The molecule has 0 saturated heterocycles. The van der Waals surface area contributed by atoms with E-state index in [-0.39, 0.29) is 5.63 Å². The molecule has 0 saturated carbocycles. The first-order valence-corrected chi connectivity index (χ1v) is 9.19. The fourth-order valence-electron chi connectivity index (χ4n) is 3.25. The van der Waals surface area contributed by atoms with Gasteiger partial charge in [0.15, 0.2) is 0 Å². The number of benzene rings is 3. The molecule has 0 radical (unpaired) electrons. The van der Waals surface area contributed by atoms with Gasteiger partial charge in [-0.15, -0.1) is 0 Å². The van der Waals surface area contributed by atoms with Crippen LogP contribution in [0.25, 0.3) is 28.2 Å². The molecule has 0 fully saturated rings. The first-order chi connectivity index (χ1) is 13.7. The van der Waals surface area contributed by atoms with Gasteiger partial charge >= 0.3 is 5.63 Å². The second-order valence-electron chi connectivity index (χ2n) is 6.54. The molecular weight excluding hydrogens is 348 g/mol. The van der Waals surface area contributed by atoms with E-state index in [4.69, 9.17) is 9.15 Å². The third kappa shape index (κ3) is 3.74. The molecule has 1 heterocycles. The Morgan fingerprint density at radius 2 is 1.64 bits per heavy atom. The molecule has 0 amide bonds. The lowest BCUT2D eigenvalue weighted by Gasteiger charge is -2.10. The molecule has 0 aliphatic heterocycles. The van der Waals surface area contributed by atoms with Crippen molar-refractivity contribution >= 4 is 17.0 Å². The van der Waals surface area contributed by atoms with E-state index in [0.29, 0.717) is 17.8 Å². The number of hydrogen-bond donors (Lipinski definition) is 0. The molecule has 4 rings (SSSR count). The summed E-state index contributed by atoms with van der Waals surface area (Å²) in [5.41, 5.74) is 3.71. The van der Waals surface area contributed by atoms with E-state index in [0.717, 1.165) is 27.8 Å². The van der Waals surface area contributed by atoms with Crippen molar-refractivity contribution in [3.05, 3.63) is 106 Å². The number of aryl methyl sites for hydroxylation is 1. The minimum Gasteiger partial charge on any atom is -0.490 e. The average molecular weight is 368 g/mol. The van der Waals surface area contributed by atoms with Crippen LogP contribution >= 0.6 is 0 Å². The second-order valence-corrected chi connectivity index (χ2v) is 6.54. The number of rotatable bonds is 5. The fraction of sp³-hybridized carbons (Fsp3) is 0.0800. The summed E-state index contributed by atoms with van der Waals surface area (Å²) >= 11 is 0. The lowest BCUT2D eigenvalue weighted by atomic mass is 9.99. The molecule has 0 bridgehead atoms. The van der Waals surface area contributed by atoms with Crippen LogP contribution in [0.5, 0.6) is 5.75 Å². The van der Waals surface area contributed by atoms with Crippen LogP contribution in [0.3, 0.4) is 0 Å². The second kappa shape index (κ2) is 7.97.